The van der Waals surface area contributed by atoms with Crippen molar-refractivity contribution in [2.75, 3.05) is 20.3 Å². The van der Waals surface area contributed by atoms with Crippen molar-refractivity contribution in [1.29, 1.82) is 0 Å². The molecule has 2 aliphatic heterocycles. The molecule has 0 aliphatic carbocycles. The number of methoxy groups -OCH3 is 1. The molecule has 0 bridgehead atoms. The van der Waals surface area contributed by atoms with Gasteiger partial charge in [0.15, 0.2) is 5.79 Å². The fourth-order valence-corrected chi connectivity index (χ4v) is 2.34. The summed E-state index contributed by atoms with van der Waals surface area (Å²) < 4.78 is 22.3. The highest BCUT2D eigenvalue weighted by atomic mass is 16.8. The van der Waals surface area contributed by atoms with Crippen molar-refractivity contribution in [3.63, 3.8) is 0 Å². The maximum absolute atomic E-state index is 9.97. The number of allylic oxidation sites excluding steroid dienone is 1. The highest BCUT2D eigenvalue weighted by Crippen LogP contribution is 2.35. The van der Waals surface area contributed by atoms with Crippen LogP contribution in [0.5, 0.6) is 0 Å². The first-order valence-electron chi connectivity index (χ1n) is 8.96. The first kappa shape index (κ1) is 25.5. The molecule has 144 valence electrons. The van der Waals surface area contributed by atoms with Crippen LogP contribution in [-0.4, -0.2) is 50.2 Å². The van der Waals surface area contributed by atoms with Crippen LogP contribution in [0.4, 0.5) is 0 Å². The maximum atomic E-state index is 9.97. The third kappa shape index (κ3) is 10.2. The Kier molecular flexibility index (Phi) is 15.5. The molecule has 3 atom stereocenters. The summed E-state index contributed by atoms with van der Waals surface area (Å²) in [6.45, 7) is 18.1. The second-order valence-electron chi connectivity index (χ2n) is 5.49. The molecule has 5 nitrogen and oxygen atoms in total. The van der Waals surface area contributed by atoms with Gasteiger partial charge in [0, 0.05) is 20.1 Å². The molecule has 2 heterocycles. The zero-order chi connectivity index (χ0) is 19.2. The molecule has 2 rings (SSSR count). The van der Waals surface area contributed by atoms with Crippen molar-refractivity contribution in [2.24, 2.45) is 0 Å². The lowest BCUT2D eigenvalue weighted by Gasteiger charge is -2.30. The molecule has 0 aromatic heterocycles. The molecular weight excluding hydrogens is 308 g/mol. The predicted octanol–water partition coefficient (Wildman–Crippen LogP) is 4.15. The summed E-state index contributed by atoms with van der Waals surface area (Å²) in [6, 6.07) is 0. The average Bonchev–Trinajstić information content (AvgIpc) is 2.87. The van der Waals surface area contributed by atoms with E-state index in [1.807, 2.05) is 41.5 Å². The molecule has 0 N–H and O–H groups in total. The van der Waals surface area contributed by atoms with Crippen molar-refractivity contribution in [2.45, 2.75) is 85.4 Å². The Labute approximate surface area is 148 Å². The topological polar surface area (TPSA) is 54.0 Å². The van der Waals surface area contributed by atoms with Gasteiger partial charge in [-0.15, -0.1) is 6.58 Å². The summed E-state index contributed by atoms with van der Waals surface area (Å²) >= 11 is 0. The number of ketones is 1. The van der Waals surface area contributed by atoms with Gasteiger partial charge < -0.3 is 18.9 Å². The molecule has 0 amide bonds. The van der Waals surface area contributed by atoms with Crippen molar-refractivity contribution in [1.82, 2.24) is 0 Å². The highest BCUT2D eigenvalue weighted by Gasteiger charge is 2.47. The van der Waals surface area contributed by atoms with E-state index in [4.69, 9.17) is 18.9 Å². The lowest BCUT2D eigenvalue weighted by atomic mass is 10.0. The first-order valence-corrected chi connectivity index (χ1v) is 8.96. The van der Waals surface area contributed by atoms with E-state index in [2.05, 4.69) is 6.58 Å². The summed E-state index contributed by atoms with van der Waals surface area (Å²) in [5.41, 5.74) is 0. The van der Waals surface area contributed by atoms with Crippen LogP contribution in [0.15, 0.2) is 12.7 Å². The Morgan fingerprint density at radius 1 is 1.25 bits per heavy atom. The van der Waals surface area contributed by atoms with E-state index < -0.39 is 5.79 Å². The number of ether oxygens (including phenoxy) is 4. The number of Topliss-reactive ketones (excluding diaryl/α,β-unsaturated/α-hetero) is 1. The van der Waals surface area contributed by atoms with E-state index in [-0.39, 0.29) is 24.1 Å². The monoisotopic (exact) mass is 346 g/mol. The molecule has 0 aromatic rings. The van der Waals surface area contributed by atoms with Crippen LogP contribution in [-0.2, 0) is 23.7 Å². The Hall–Kier alpha value is -0.750. The lowest BCUT2D eigenvalue weighted by Crippen LogP contribution is -2.45. The molecule has 0 saturated carbocycles. The molecule has 2 fully saturated rings. The number of hydrogen-bond acceptors (Lipinski definition) is 5. The number of rotatable bonds is 4. The van der Waals surface area contributed by atoms with Gasteiger partial charge in [0.2, 0.25) is 0 Å². The smallest absolute Gasteiger partial charge is 0.163 e. The summed E-state index contributed by atoms with van der Waals surface area (Å²) in [5.74, 6) is -0.306. The van der Waals surface area contributed by atoms with Crippen LogP contribution in [0, 0.1) is 0 Å². The van der Waals surface area contributed by atoms with Crippen molar-refractivity contribution < 1.29 is 23.7 Å². The third-order valence-corrected chi connectivity index (χ3v) is 3.08. The zero-order valence-electron chi connectivity index (χ0n) is 16.9. The van der Waals surface area contributed by atoms with Crippen LogP contribution in [0.2, 0.25) is 0 Å². The summed E-state index contributed by atoms with van der Waals surface area (Å²) in [4.78, 5) is 9.97. The molecule has 2 saturated heterocycles. The number of hydrogen-bond donors (Lipinski definition) is 0. The molecule has 0 spiro atoms. The highest BCUT2D eigenvalue weighted by molar-refractivity contribution is 5.76. The summed E-state index contributed by atoms with van der Waals surface area (Å²) in [7, 11) is 1.67. The number of carbonyl (C=O) groups excluding carboxylic acids is 1. The second kappa shape index (κ2) is 14.6. The summed E-state index contributed by atoms with van der Waals surface area (Å²) in [5, 5.41) is 0. The van der Waals surface area contributed by atoms with Gasteiger partial charge in [0.25, 0.3) is 0 Å². The van der Waals surface area contributed by atoms with E-state index in [9.17, 15) is 4.79 Å². The van der Waals surface area contributed by atoms with Crippen molar-refractivity contribution >= 4 is 5.78 Å². The molecule has 3 unspecified atom stereocenters. The molecular formula is C19H38O5. The van der Waals surface area contributed by atoms with Crippen LogP contribution in [0.1, 0.15) is 61.3 Å². The molecule has 0 aromatic carbocycles. The van der Waals surface area contributed by atoms with Gasteiger partial charge in [-0.3, -0.25) is 4.79 Å². The predicted molar refractivity (Wildman–Crippen MR) is 98.2 cm³/mol. The minimum absolute atomic E-state index is 0.0144. The third-order valence-electron chi connectivity index (χ3n) is 3.08. The van der Waals surface area contributed by atoms with Gasteiger partial charge in [-0.2, -0.15) is 0 Å². The van der Waals surface area contributed by atoms with Gasteiger partial charge in [0.05, 0.1) is 12.7 Å². The minimum Gasteiger partial charge on any atom is -0.382 e. The van der Waals surface area contributed by atoms with E-state index in [0.717, 1.165) is 13.0 Å². The molecule has 0 radical (unpaired) electrons. The largest absolute Gasteiger partial charge is 0.382 e. The van der Waals surface area contributed by atoms with Gasteiger partial charge >= 0.3 is 0 Å². The van der Waals surface area contributed by atoms with E-state index in [1.54, 1.807) is 20.1 Å². The molecule has 2 aliphatic rings. The SMILES string of the molecule is C=CCC(C)=O.CC.CC.COCC1OCCC2OC(C)(C)OC12. The van der Waals surface area contributed by atoms with Crippen LogP contribution in [0.3, 0.4) is 0 Å². The Morgan fingerprint density at radius 3 is 2.25 bits per heavy atom. The van der Waals surface area contributed by atoms with Gasteiger partial charge in [-0.1, -0.05) is 33.8 Å². The average molecular weight is 347 g/mol. The normalized spacial score (nSPS) is 26.2. The summed E-state index contributed by atoms with van der Waals surface area (Å²) in [6.07, 6.45) is 3.22. The Morgan fingerprint density at radius 2 is 1.83 bits per heavy atom. The second-order valence-corrected chi connectivity index (χ2v) is 5.49. The maximum Gasteiger partial charge on any atom is 0.163 e. The van der Waals surface area contributed by atoms with Gasteiger partial charge in [-0.05, 0) is 27.2 Å². The molecule has 24 heavy (non-hydrogen) atoms. The van der Waals surface area contributed by atoms with Gasteiger partial charge in [-0.25, -0.2) is 0 Å². The number of fused-ring (bicyclic) bond motifs is 1. The number of carbonyl (C=O) groups is 1. The fraction of sp³-hybridized carbons (Fsp3) is 0.842. The fourth-order valence-electron chi connectivity index (χ4n) is 2.34. The quantitative estimate of drug-likeness (QED) is 0.716. The lowest BCUT2D eigenvalue weighted by molar-refractivity contribution is -0.158. The van der Waals surface area contributed by atoms with E-state index in [0.29, 0.717) is 13.0 Å². The van der Waals surface area contributed by atoms with Crippen LogP contribution in [0.25, 0.3) is 0 Å². The van der Waals surface area contributed by atoms with Crippen LogP contribution >= 0.6 is 0 Å². The first-order chi connectivity index (χ1) is 11.4. The minimum atomic E-state index is -0.477. The van der Waals surface area contributed by atoms with Crippen molar-refractivity contribution in [3.05, 3.63) is 12.7 Å². The van der Waals surface area contributed by atoms with Crippen LogP contribution < -0.4 is 0 Å². The van der Waals surface area contributed by atoms with Gasteiger partial charge in [0.1, 0.15) is 18.0 Å². The van der Waals surface area contributed by atoms with E-state index >= 15 is 0 Å². The van der Waals surface area contributed by atoms with Crippen molar-refractivity contribution in [3.8, 4) is 0 Å². The standard InChI is InChI=1S/C10H18O4.C5H8O.2C2H6/c1-10(2)13-7-4-5-12-8(6-11-3)9(7)14-10;1-3-4-5(2)6;2*1-2/h7-9H,4-6H2,1-3H3;3H,1,4H2,2H3;2*1-2H3. The molecule has 5 heteroatoms. The Balaban J connectivity index is 0. The Bertz CT molecular complexity index is 326. The van der Waals surface area contributed by atoms with E-state index in [1.165, 1.54) is 0 Å². The zero-order valence-corrected chi connectivity index (χ0v) is 16.9.